The normalized spacial score (nSPS) is 15.6. The molecule has 1 aliphatic rings. The number of nitrogens with zero attached hydrogens (tertiary/aromatic N) is 3. The van der Waals surface area contributed by atoms with Crippen molar-refractivity contribution in [1.82, 2.24) is 9.55 Å². The SMILES string of the molecule is Cn1ccnc1N1CC(Oc2ccc(Br)cc2)C1. The van der Waals surface area contributed by atoms with Gasteiger partial charge in [0.05, 0.1) is 13.1 Å². The summed E-state index contributed by atoms with van der Waals surface area (Å²) in [4.78, 5) is 6.53. The van der Waals surface area contributed by atoms with E-state index in [1.54, 1.807) is 0 Å². The number of hydrogen-bond donors (Lipinski definition) is 0. The van der Waals surface area contributed by atoms with Crippen LogP contribution >= 0.6 is 15.9 Å². The zero-order valence-corrected chi connectivity index (χ0v) is 11.7. The first-order valence-corrected chi connectivity index (χ1v) is 6.66. The van der Waals surface area contributed by atoms with Gasteiger partial charge in [-0.25, -0.2) is 4.98 Å². The fraction of sp³-hybridized carbons (Fsp3) is 0.308. The highest BCUT2D eigenvalue weighted by Gasteiger charge is 2.30. The van der Waals surface area contributed by atoms with E-state index in [4.69, 9.17) is 4.74 Å². The predicted molar refractivity (Wildman–Crippen MR) is 74.0 cm³/mol. The largest absolute Gasteiger partial charge is 0.487 e. The highest BCUT2D eigenvalue weighted by atomic mass is 79.9. The monoisotopic (exact) mass is 307 g/mol. The van der Waals surface area contributed by atoms with E-state index in [0.717, 1.165) is 29.3 Å². The number of halogens is 1. The molecule has 5 heteroatoms. The van der Waals surface area contributed by atoms with Crippen LogP contribution in [0.1, 0.15) is 0 Å². The van der Waals surface area contributed by atoms with Crippen molar-refractivity contribution >= 4 is 21.9 Å². The second kappa shape index (κ2) is 4.65. The Hall–Kier alpha value is -1.49. The third-order valence-electron chi connectivity index (χ3n) is 3.04. The Labute approximate surface area is 114 Å². The fourth-order valence-electron chi connectivity index (χ4n) is 2.04. The van der Waals surface area contributed by atoms with Gasteiger partial charge in [-0.1, -0.05) is 15.9 Å². The number of imidazole rings is 1. The van der Waals surface area contributed by atoms with E-state index in [-0.39, 0.29) is 6.10 Å². The van der Waals surface area contributed by atoms with Gasteiger partial charge in [-0.3, -0.25) is 0 Å². The van der Waals surface area contributed by atoms with Crippen LogP contribution in [0, 0.1) is 0 Å². The molecule has 1 saturated heterocycles. The van der Waals surface area contributed by atoms with Crippen molar-refractivity contribution in [3.8, 4) is 5.75 Å². The van der Waals surface area contributed by atoms with Gasteiger partial charge in [0.2, 0.25) is 5.95 Å². The molecule has 0 saturated carbocycles. The van der Waals surface area contributed by atoms with Gasteiger partial charge in [0.15, 0.2) is 0 Å². The van der Waals surface area contributed by atoms with Gasteiger partial charge in [0.1, 0.15) is 11.9 Å². The van der Waals surface area contributed by atoms with Gasteiger partial charge >= 0.3 is 0 Å². The molecule has 18 heavy (non-hydrogen) atoms. The second-order valence-corrected chi connectivity index (χ2v) is 5.35. The molecule has 0 atom stereocenters. The Kier molecular flexibility index (Phi) is 2.99. The lowest BCUT2D eigenvalue weighted by Crippen LogP contribution is -2.54. The molecule has 1 aromatic heterocycles. The minimum absolute atomic E-state index is 0.253. The van der Waals surface area contributed by atoms with Crippen LogP contribution in [0.4, 0.5) is 5.95 Å². The maximum absolute atomic E-state index is 5.87. The van der Waals surface area contributed by atoms with E-state index < -0.39 is 0 Å². The number of anilines is 1. The van der Waals surface area contributed by atoms with Crippen LogP contribution in [0.15, 0.2) is 41.1 Å². The van der Waals surface area contributed by atoms with Crippen molar-refractivity contribution in [2.75, 3.05) is 18.0 Å². The Bertz CT molecular complexity index is 531. The topological polar surface area (TPSA) is 30.3 Å². The molecule has 0 amide bonds. The Morgan fingerprint density at radius 2 is 2.00 bits per heavy atom. The van der Waals surface area contributed by atoms with E-state index in [1.807, 2.05) is 48.3 Å². The summed E-state index contributed by atoms with van der Waals surface area (Å²) in [6.45, 7) is 1.78. The van der Waals surface area contributed by atoms with Gasteiger partial charge in [0.25, 0.3) is 0 Å². The summed E-state index contributed by atoms with van der Waals surface area (Å²) >= 11 is 3.41. The smallest absolute Gasteiger partial charge is 0.205 e. The molecule has 0 N–H and O–H groups in total. The lowest BCUT2D eigenvalue weighted by Gasteiger charge is -2.39. The molecule has 1 aromatic carbocycles. The lowest BCUT2D eigenvalue weighted by atomic mass is 10.2. The van der Waals surface area contributed by atoms with Crippen LogP contribution in [0.5, 0.6) is 5.75 Å². The van der Waals surface area contributed by atoms with Gasteiger partial charge < -0.3 is 14.2 Å². The first-order chi connectivity index (χ1) is 8.72. The van der Waals surface area contributed by atoms with E-state index >= 15 is 0 Å². The van der Waals surface area contributed by atoms with Crippen LogP contribution in [0.25, 0.3) is 0 Å². The Morgan fingerprint density at radius 1 is 1.28 bits per heavy atom. The number of hydrogen-bond acceptors (Lipinski definition) is 3. The number of aromatic nitrogens is 2. The fourth-order valence-corrected chi connectivity index (χ4v) is 2.31. The third-order valence-corrected chi connectivity index (χ3v) is 3.57. The minimum atomic E-state index is 0.253. The van der Waals surface area contributed by atoms with Gasteiger partial charge in [-0.2, -0.15) is 0 Å². The Balaban J connectivity index is 1.57. The number of ether oxygens (including phenoxy) is 1. The predicted octanol–water partition coefficient (Wildman–Crippen LogP) is 2.45. The average molecular weight is 308 g/mol. The van der Waals surface area contributed by atoms with Crippen LogP contribution in [0.3, 0.4) is 0 Å². The quantitative estimate of drug-likeness (QED) is 0.872. The summed E-state index contributed by atoms with van der Waals surface area (Å²) in [5, 5.41) is 0. The summed E-state index contributed by atoms with van der Waals surface area (Å²) < 4.78 is 8.97. The molecule has 0 unspecified atom stereocenters. The van der Waals surface area contributed by atoms with Crippen molar-refractivity contribution in [3.05, 3.63) is 41.1 Å². The van der Waals surface area contributed by atoms with Crippen molar-refractivity contribution in [2.45, 2.75) is 6.10 Å². The van der Waals surface area contributed by atoms with Crippen molar-refractivity contribution < 1.29 is 4.74 Å². The van der Waals surface area contributed by atoms with Crippen molar-refractivity contribution in [2.24, 2.45) is 7.05 Å². The molecule has 0 radical (unpaired) electrons. The van der Waals surface area contributed by atoms with Crippen molar-refractivity contribution in [1.29, 1.82) is 0 Å². The van der Waals surface area contributed by atoms with Gasteiger partial charge in [0, 0.05) is 23.9 Å². The summed E-state index contributed by atoms with van der Waals surface area (Å²) in [5.41, 5.74) is 0. The van der Waals surface area contributed by atoms with E-state index in [1.165, 1.54) is 0 Å². The van der Waals surface area contributed by atoms with Crippen LogP contribution < -0.4 is 9.64 Å². The minimum Gasteiger partial charge on any atom is -0.487 e. The third kappa shape index (κ3) is 2.22. The zero-order chi connectivity index (χ0) is 12.5. The molecule has 2 aromatic rings. The zero-order valence-electron chi connectivity index (χ0n) is 10.1. The standard InChI is InChI=1S/C13H14BrN3O/c1-16-7-6-15-13(16)17-8-12(9-17)18-11-4-2-10(14)3-5-11/h2-7,12H,8-9H2,1H3. The second-order valence-electron chi connectivity index (χ2n) is 4.44. The molecule has 0 aliphatic carbocycles. The van der Waals surface area contributed by atoms with Gasteiger partial charge in [-0.15, -0.1) is 0 Å². The van der Waals surface area contributed by atoms with Crippen molar-refractivity contribution in [3.63, 3.8) is 0 Å². The highest BCUT2D eigenvalue weighted by molar-refractivity contribution is 9.10. The first-order valence-electron chi connectivity index (χ1n) is 5.87. The molecule has 1 aliphatic heterocycles. The number of benzene rings is 1. The summed E-state index contributed by atoms with van der Waals surface area (Å²) in [5.74, 6) is 1.92. The molecule has 94 valence electrons. The molecule has 0 spiro atoms. The van der Waals surface area contributed by atoms with Crippen LogP contribution in [-0.2, 0) is 7.05 Å². The van der Waals surface area contributed by atoms with E-state index in [2.05, 4.69) is 25.8 Å². The molecule has 3 rings (SSSR count). The molecule has 0 bridgehead atoms. The number of rotatable bonds is 3. The lowest BCUT2D eigenvalue weighted by molar-refractivity contribution is 0.165. The molecule has 2 heterocycles. The number of aryl methyl sites for hydroxylation is 1. The van der Waals surface area contributed by atoms with E-state index in [9.17, 15) is 0 Å². The molecular weight excluding hydrogens is 294 g/mol. The average Bonchev–Trinajstić information content (AvgIpc) is 2.72. The molecular formula is C13H14BrN3O. The summed E-state index contributed by atoms with van der Waals surface area (Å²) in [6, 6.07) is 7.94. The Morgan fingerprint density at radius 3 is 2.61 bits per heavy atom. The summed E-state index contributed by atoms with van der Waals surface area (Å²) in [7, 11) is 2.01. The maximum atomic E-state index is 5.87. The molecule has 4 nitrogen and oxygen atoms in total. The summed E-state index contributed by atoms with van der Waals surface area (Å²) in [6.07, 6.45) is 4.03. The van der Waals surface area contributed by atoms with Gasteiger partial charge in [-0.05, 0) is 24.3 Å². The highest BCUT2D eigenvalue weighted by Crippen LogP contribution is 2.23. The van der Waals surface area contributed by atoms with Crippen LogP contribution in [-0.4, -0.2) is 28.7 Å². The maximum Gasteiger partial charge on any atom is 0.205 e. The van der Waals surface area contributed by atoms with E-state index in [0.29, 0.717) is 0 Å². The first kappa shape index (κ1) is 11.6. The molecule has 1 fully saturated rings. The van der Waals surface area contributed by atoms with Crippen LogP contribution in [0.2, 0.25) is 0 Å².